The molecule has 0 radical (unpaired) electrons. The van der Waals surface area contributed by atoms with Gasteiger partial charge in [0.25, 0.3) is 0 Å². The molecule has 0 spiro atoms. The first kappa shape index (κ1) is 25.3. The number of nitrogens with zero attached hydrogens (tertiary/aromatic N) is 2. The van der Waals surface area contributed by atoms with E-state index in [2.05, 4.69) is 20.8 Å². The van der Waals surface area contributed by atoms with Crippen molar-refractivity contribution < 1.29 is 18.3 Å². The number of aromatic nitrogens is 2. The van der Waals surface area contributed by atoms with Crippen LogP contribution in [-0.4, -0.2) is 35.5 Å². The minimum absolute atomic E-state index is 0.0372. The van der Waals surface area contributed by atoms with Crippen LogP contribution >= 0.6 is 22.9 Å². The minimum atomic E-state index is -4.00. The van der Waals surface area contributed by atoms with Crippen molar-refractivity contribution in [2.24, 2.45) is 5.92 Å². The largest absolute Gasteiger partial charge is 0.480 e. The molecule has 5 rings (SSSR count). The molecule has 3 aromatic heterocycles. The quantitative estimate of drug-likeness (QED) is 0.232. The fraction of sp³-hybridized carbons (Fsp3) is 0.148. The van der Waals surface area contributed by atoms with Crippen molar-refractivity contribution in [2.45, 2.75) is 24.8 Å². The predicted molar refractivity (Wildman–Crippen MR) is 147 cm³/mol. The lowest BCUT2D eigenvalue weighted by molar-refractivity contribution is -0.140. The van der Waals surface area contributed by atoms with E-state index in [4.69, 9.17) is 11.6 Å². The number of fused-ring (bicyclic) bond motifs is 3. The normalized spacial score (nSPS) is 12.9. The molecule has 0 fully saturated rings. The number of hydrogen-bond donors (Lipinski definition) is 2. The minimum Gasteiger partial charge on any atom is -0.480 e. The molecule has 3 heterocycles. The van der Waals surface area contributed by atoms with Gasteiger partial charge < -0.3 is 5.11 Å². The topological polar surface area (TPSA) is 109 Å². The van der Waals surface area contributed by atoms with Gasteiger partial charge in [-0.2, -0.15) is 4.72 Å². The highest BCUT2D eigenvalue weighted by Gasteiger charge is 2.28. The van der Waals surface area contributed by atoms with Gasteiger partial charge in [-0.25, -0.2) is 13.4 Å². The zero-order valence-electron chi connectivity index (χ0n) is 19.8. The molecule has 5 aromatic rings. The second-order valence-electron chi connectivity index (χ2n) is 8.95. The van der Waals surface area contributed by atoms with E-state index in [0.717, 1.165) is 42.6 Å². The van der Waals surface area contributed by atoms with E-state index in [1.165, 1.54) is 17.4 Å². The number of hydrogen-bond acceptors (Lipinski definition) is 6. The molecule has 0 bridgehead atoms. The summed E-state index contributed by atoms with van der Waals surface area (Å²) in [6.45, 7) is 3.32. The number of carboxylic acid groups (broad SMARTS) is 1. The van der Waals surface area contributed by atoms with Gasteiger partial charge in [-0.05, 0) is 53.9 Å². The van der Waals surface area contributed by atoms with Gasteiger partial charge in [0.2, 0.25) is 10.0 Å². The summed E-state index contributed by atoms with van der Waals surface area (Å²) in [5.41, 5.74) is 3.60. The molecule has 2 N–H and O–H groups in total. The second kappa shape index (κ2) is 9.83. The zero-order chi connectivity index (χ0) is 26.3. The van der Waals surface area contributed by atoms with Gasteiger partial charge in [0, 0.05) is 43.7 Å². The van der Waals surface area contributed by atoms with Crippen molar-refractivity contribution >= 4 is 59.1 Å². The molecule has 0 aliphatic heterocycles. The van der Waals surface area contributed by atoms with Gasteiger partial charge in [-0.3, -0.25) is 9.78 Å². The molecule has 0 saturated carbocycles. The first-order valence-electron chi connectivity index (χ1n) is 11.4. The summed E-state index contributed by atoms with van der Waals surface area (Å²) in [7, 11) is -4.00. The summed E-state index contributed by atoms with van der Waals surface area (Å²) in [6.07, 6.45) is 3.49. The van der Waals surface area contributed by atoms with Crippen LogP contribution in [0.3, 0.4) is 0 Å². The fourth-order valence-electron chi connectivity index (χ4n) is 4.07. The van der Waals surface area contributed by atoms with Crippen molar-refractivity contribution in [1.82, 2.24) is 14.7 Å². The van der Waals surface area contributed by atoms with E-state index in [0.29, 0.717) is 5.15 Å². The number of aliphatic carboxylic acids is 1. The fourth-order valence-corrected chi connectivity index (χ4v) is 6.75. The zero-order valence-corrected chi connectivity index (χ0v) is 22.2. The summed E-state index contributed by atoms with van der Waals surface area (Å²) < 4.78 is 30.0. The molecule has 0 amide bonds. The van der Waals surface area contributed by atoms with Crippen LogP contribution in [-0.2, 0) is 14.8 Å². The van der Waals surface area contributed by atoms with Crippen LogP contribution in [0.25, 0.3) is 42.6 Å². The lowest BCUT2D eigenvalue weighted by Gasteiger charge is -2.18. The number of halogens is 1. The lowest BCUT2D eigenvalue weighted by Crippen LogP contribution is -2.44. The van der Waals surface area contributed by atoms with Gasteiger partial charge in [0.05, 0.1) is 10.6 Å². The number of benzene rings is 2. The monoisotopic (exact) mass is 551 g/mol. The average Bonchev–Trinajstić information content (AvgIpc) is 3.25. The standard InChI is InChI=1S/C27H22ClN3O4S2/c1-15(2)26(27(32)33)31-37(34,35)19-6-7-20-21-11-16(4-9-23(21)36-24(20)12-19)17-3-8-22(29-13-17)18-5-10-25(28)30-14-18/h3-15,26,31H,1-2H3,(H,32,33)/t26-/m0/s1. The van der Waals surface area contributed by atoms with Crippen LogP contribution in [0.2, 0.25) is 5.15 Å². The third kappa shape index (κ3) is 5.08. The smallest absolute Gasteiger partial charge is 0.322 e. The van der Waals surface area contributed by atoms with Crippen LogP contribution in [0.1, 0.15) is 13.8 Å². The molecular weight excluding hydrogens is 530 g/mol. The van der Waals surface area contributed by atoms with Crippen LogP contribution < -0.4 is 4.72 Å². The average molecular weight is 552 g/mol. The Hall–Kier alpha value is -3.37. The molecule has 0 aliphatic rings. The van der Waals surface area contributed by atoms with E-state index in [9.17, 15) is 18.3 Å². The first-order chi connectivity index (χ1) is 17.6. The van der Waals surface area contributed by atoms with Crippen molar-refractivity contribution in [1.29, 1.82) is 0 Å². The van der Waals surface area contributed by atoms with E-state index in [1.807, 2.05) is 36.5 Å². The molecule has 1 atom stereocenters. The number of thiophene rings is 1. The molecule has 188 valence electrons. The molecule has 37 heavy (non-hydrogen) atoms. The Morgan fingerprint density at radius 2 is 1.62 bits per heavy atom. The Morgan fingerprint density at radius 1 is 0.892 bits per heavy atom. The van der Waals surface area contributed by atoms with Gasteiger partial charge in [0.1, 0.15) is 11.2 Å². The number of rotatable bonds is 7. The van der Waals surface area contributed by atoms with Gasteiger partial charge in [-0.15, -0.1) is 11.3 Å². The third-order valence-corrected chi connectivity index (χ3v) is 8.88. The highest BCUT2D eigenvalue weighted by atomic mass is 35.5. The number of carboxylic acids is 1. The van der Waals surface area contributed by atoms with Crippen molar-refractivity contribution in [3.05, 3.63) is 78.2 Å². The number of nitrogens with one attached hydrogen (secondary N) is 1. The van der Waals surface area contributed by atoms with Crippen molar-refractivity contribution in [2.75, 3.05) is 0 Å². The van der Waals surface area contributed by atoms with Gasteiger partial charge in [-0.1, -0.05) is 43.6 Å². The molecule has 0 unspecified atom stereocenters. The molecule has 7 nitrogen and oxygen atoms in total. The summed E-state index contributed by atoms with van der Waals surface area (Å²) in [6, 6.07) is 17.3. The molecule has 0 saturated heterocycles. The van der Waals surface area contributed by atoms with Crippen molar-refractivity contribution in [3.8, 4) is 22.4 Å². The Morgan fingerprint density at radius 3 is 2.27 bits per heavy atom. The van der Waals surface area contributed by atoms with Crippen molar-refractivity contribution in [3.63, 3.8) is 0 Å². The lowest BCUT2D eigenvalue weighted by atomic mass is 10.0. The molecule has 2 aromatic carbocycles. The Labute approximate surface area is 222 Å². The van der Waals surface area contributed by atoms with Crippen LogP contribution in [0, 0.1) is 5.92 Å². The van der Waals surface area contributed by atoms with Gasteiger partial charge in [0.15, 0.2) is 0 Å². The number of carbonyl (C=O) groups is 1. The molecular formula is C27H22ClN3O4S2. The summed E-state index contributed by atoms with van der Waals surface area (Å²) in [5, 5.41) is 11.7. The van der Waals surface area contributed by atoms with Crippen LogP contribution in [0.4, 0.5) is 0 Å². The molecule has 0 aliphatic carbocycles. The maximum absolute atomic E-state index is 12.9. The maximum Gasteiger partial charge on any atom is 0.322 e. The highest BCUT2D eigenvalue weighted by molar-refractivity contribution is 7.89. The Kier molecular flexibility index (Phi) is 6.72. The van der Waals surface area contributed by atoms with E-state index in [-0.39, 0.29) is 4.90 Å². The maximum atomic E-state index is 12.9. The Bertz CT molecular complexity index is 1730. The third-order valence-electron chi connectivity index (χ3n) is 6.09. The summed E-state index contributed by atoms with van der Waals surface area (Å²) >= 11 is 7.36. The Balaban J connectivity index is 1.47. The summed E-state index contributed by atoms with van der Waals surface area (Å²) in [5.74, 6) is -1.61. The highest BCUT2D eigenvalue weighted by Crippen LogP contribution is 2.37. The SMILES string of the molecule is CC(C)[C@H](NS(=O)(=O)c1ccc2c(c1)sc1ccc(-c3ccc(-c4ccc(Cl)nc4)nc3)cc12)C(=O)O. The number of pyridine rings is 2. The van der Waals surface area contributed by atoms with E-state index >= 15 is 0 Å². The number of sulfonamides is 1. The van der Waals surface area contributed by atoms with E-state index in [1.54, 1.807) is 38.2 Å². The second-order valence-corrected chi connectivity index (χ2v) is 12.1. The van der Waals surface area contributed by atoms with E-state index < -0.39 is 28.0 Å². The first-order valence-corrected chi connectivity index (χ1v) is 14.1. The summed E-state index contributed by atoms with van der Waals surface area (Å²) in [4.78, 5) is 20.2. The molecule has 10 heteroatoms. The van der Waals surface area contributed by atoms with Crippen LogP contribution in [0.15, 0.2) is 78.0 Å². The van der Waals surface area contributed by atoms with Gasteiger partial charge >= 0.3 is 5.97 Å². The predicted octanol–water partition coefficient (Wildman–Crippen LogP) is 6.22. The van der Waals surface area contributed by atoms with Crippen LogP contribution in [0.5, 0.6) is 0 Å².